The Hall–Kier alpha value is -1.30. The van der Waals surface area contributed by atoms with Crippen molar-refractivity contribution in [3.8, 4) is 5.75 Å². The molecule has 0 saturated carbocycles. The Bertz CT molecular complexity index is 604. The second-order valence-electron chi connectivity index (χ2n) is 4.75. The summed E-state index contributed by atoms with van der Waals surface area (Å²) in [7, 11) is 1.89. The molecular formula is C14H17Cl2N3O2. The third-order valence-corrected chi connectivity index (χ3v) is 3.83. The molecule has 0 fully saturated rings. The van der Waals surface area contributed by atoms with E-state index in [1.54, 1.807) is 18.2 Å². The van der Waals surface area contributed by atoms with Gasteiger partial charge >= 0.3 is 0 Å². The zero-order valence-corrected chi connectivity index (χ0v) is 13.6. The van der Waals surface area contributed by atoms with E-state index < -0.39 is 6.10 Å². The summed E-state index contributed by atoms with van der Waals surface area (Å²) in [6.07, 6.45) is 0.275. The maximum atomic E-state index is 6.09. The minimum Gasteiger partial charge on any atom is -0.479 e. The van der Waals surface area contributed by atoms with E-state index in [9.17, 15) is 0 Å². The van der Waals surface area contributed by atoms with E-state index >= 15 is 0 Å². The number of hydrogen-bond donors (Lipinski definition) is 1. The van der Waals surface area contributed by atoms with Crippen LogP contribution in [0.3, 0.4) is 0 Å². The van der Waals surface area contributed by atoms with Gasteiger partial charge in [-0.05, 0) is 33.0 Å². The molecule has 1 N–H and O–H groups in total. The molecule has 0 aliphatic carbocycles. The Morgan fingerprint density at radius 3 is 2.81 bits per heavy atom. The summed E-state index contributed by atoms with van der Waals surface area (Å²) in [6, 6.07) is 5.48. The van der Waals surface area contributed by atoms with Gasteiger partial charge in [-0.1, -0.05) is 34.4 Å². The normalized spacial score (nSPS) is 14.0. The lowest BCUT2D eigenvalue weighted by Gasteiger charge is -2.12. The Kier molecular flexibility index (Phi) is 5.45. The van der Waals surface area contributed by atoms with E-state index in [4.69, 9.17) is 32.5 Å². The largest absolute Gasteiger partial charge is 0.479 e. The van der Waals surface area contributed by atoms with Crippen LogP contribution in [0.4, 0.5) is 0 Å². The first-order valence-electron chi connectivity index (χ1n) is 6.61. The number of nitrogens with zero attached hydrogens (tertiary/aromatic N) is 2. The van der Waals surface area contributed by atoms with Crippen molar-refractivity contribution in [3.63, 3.8) is 0 Å². The zero-order valence-electron chi connectivity index (χ0n) is 12.1. The SMILES string of the molecule is CNC(C)Cc1noc(C(C)Oc2cccc(Cl)c2Cl)n1. The van der Waals surface area contributed by atoms with Crippen molar-refractivity contribution < 1.29 is 9.26 Å². The van der Waals surface area contributed by atoms with Gasteiger partial charge in [-0.15, -0.1) is 0 Å². The van der Waals surface area contributed by atoms with Crippen LogP contribution in [0.1, 0.15) is 31.7 Å². The molecule has 0 bridgehead atoms. The van der Waals surface area contributed by atoms with Crippen LogP contribution in [0, 0.1) is 0 Å². The number of aromatic nitrogens is 2. The van der Waals surface area contributed by atoms with Crippen molar-refractivity contribution in [2.24, 2.45) is 0 Å². The first-order chi connectivity index (χ1) is 10.0. The molecule has 21 heavy (non-hydrogen) atoms. The molecule has 2 unspecified atom stereocenters. The molecule has 5 nitrogen and oxygen atoms in total. The molecule has 7 heteroatoms. The highest BCUT2D eigenvalue weighted by Gasteiger charge is 2.18. The molecular weight excluding hydrogens is 313 g/mol. The smallest absolute Gasteiger partial charge is 0.267 e. The summed E-state index contributed by atoms with van der Waals surface area (Å²) in [6.45, 7) is 3.86. The Labute approximate surface area is 133 Å². The molecule has 2 rings (SSSR count). The van der Waals surface area contributed by atoms with E-state index in [2.05, 4.69) is 15.5 Å². The summed E-state index contributed by atoms with van der Waals surface area (Å²) >= 11 is 12.0. The first kappa shape index (κ1) is 16.1. The van der Waals surface area contributed by atoms with Crippen LogP contribution in [0.25, 0.3) is 0 Å². The molecule has 0 radical (unpaired) electrons. The molecule has 0 amide bonds. The topological polar surface area (TPSA) is 60.2 Å². The Morgan fingerprint density at radius 1 is 1.33 bits per heavy atom. The van der Waals surface area contributed by atoms with E-state index in [-0.39, 0.29) is 6.04 Å². The van der Waals surface area contributed by atoms with Gasteiger partial charge in [-0.25, -0.2) is 0 Å². The standard InChI is InChI=1S/C14H17Cl2N3O2/c1-8(17-3)7-12-18-14(21-19-12)9(2)20-11-6-4-5-10(15)13(11)16/h4-6,8-9,17H,7H2,1-3H3. The second kappa shape index (κ2) is 7.11. The van der Waals surface area contributed by atoms with E-state index in [1.165, 1.54) is 0 Å². The summed E-state index contributed by atoms with van der Waals surface area (Å²) in [5, 5.41) is 7.87. The number of likely N-dealkylation sites (N-methyl/N-ethyl adjacent to an activating group) is 1. The predicted molar refractivity (Wildman–Crippen MR) is 82.0 cm³/mol. The molecule has 0 saturated heterocycles. The lowest BCUT2D eigenvalue weighted by molar-refractivity contribution is 0.176. The van der Waals surface area contributed by atoms with Gasteiger partial charge in [0.15, 0.2) is 11.9 Å². The van der Waals surface area contributed by atoms with Crippen molar-refractivity contribution in [1.82, 2.24) is 15.5 Å². The zero-order chi connectivity index (χ0) is 15.4. The average molecular weight is 330 g/mol. The van der Waals surface area contributed by atoms with E-state index in [1.807, 2.05) is 20.9 Å². The fourth-order valence-electron chi connectivity index (χ4n) is 1.71. The van der Waals surface area contributed by atoms with Crippen LogP contribution in [-0.4, -0.2) is 23.2 Å². The number of halogens is 2. The van der Waals surface area contributed by atoms with Gasteiger partial charge in [0, 0.05) is 12.5 Å². The van der Waals surface area contributed by atoms with E-state index in [0.29, 0.717) is 33.9 Å². The monoisotopic (exact) mass is 329 g/mol. The minimum atomic E-state index is -0.410. The van der Waals surface area contributed by atoms with Crippen LogP contribution in [-0.2, 0) is 6.42 Å². The summed E-state index contributed by atoms with van der Waals surface area (Å²) < 4.78 is 11.0. The fraction of sp³-hybridized carbons (Fsp3) is 0.429. The van der Waals surface area contributed by atoms with Crippen molar-refractivity contribution >= 4 is 23.2 Å². The second-order valence-corrected chi connectivity index (χ2v) is 5.54. The number of nitrogens with one attached hydrogen (secondary N) is 1. The number of rotatable bonds is 6. The molecule has 0 aliphatic heterocycles. The minimum absolute atomic E-state index is 0.272. The lowest BCUT2D eigenvalue weighted by atomic mass is 10.2. The molecule has 1 aromatic carbocycles. The van der Waals surface area contributed by atoms with Crippen molar-refractivity contribution in [2.45, 2.75) is 32.4 Å². The van der Waals surface area contributed by atoms with E-state index in [0.717, 1.165) is 0 Å². The molecule has 114 valence electrons. The van der Waals surface area contributed by atoms with Gasteiger partial charge in [0.25, 0.3) is 5.89 Å². The Balaban J connectivity index is 2.06. The predicted octanol–water partition coefficient (Wildman–Crippen LogP) is 3.67. The highest BCUT2D eigenvalue weighted by Crippen LogP contribution is 2.34. The number of benzene rings is 1. The maximum Gasteiger partial charge on any atom is 0.267 e. The van der Waals surface area contributed by atoms with Gasteiger partial charge < -0.3 is 14.6 Å². The first-order valence-corrected chi connectivity index (χ1v) is 7.37. The fourth-order valence-corrected chi connectivity index (χ4v) is 2.04. The molecule has 2 atom stereocenters. The highest BCUT2D eigenvalue weighted by molar-refractivity contribution is 6.42. The van der Waals surface area contributed by atoms with Crippen LogP contribution in [0.15, 0.2) is 22.7 Å². The molecule has 0 spiro atoms. The van der Waals surface area contributed by atoms with Gasteiger partial charge in [0.05, 0.1) is 5.02 Å². The Morgan fingerprint density at radius 2 is 2.10 bits per heavy atom. The number of ether oxygens (including phenoxy) is 1. The highest BCUT2D eigenvalue weighted by atomic mass is 35.5. The summed E-state index contributed by atoms with van der Waals surface area (Å²) in [4.78, 5) is 4.33. The van der Waals surface area contributed by atoms with Gasteiger partial charge in [0.2, 0.25) is 0 Å². The van der Waals surface area contributed by atoms with Gasteiger partial charge in [-0.2, -0.15) is 4.98 Å². The van der Waals surface area contributed by atoms with Crippen molar-refractivity contribution in [3.05, 3.63) is 40.0 Å². The molecule has 1 aromatic heterocycles. The summed E-state index contributed by atoms with van der Waals surface area (Å²) in [5.74, 6) is 1.53. The number of hydrogen-bond acceptors (Lipinski definition) is 5. The van der Waals surface area contributed by atoms with Crippen LogP contribution < -0.4 is 10.1 Å². The third-order valence-electron chi connectivity index (χ3n) is 3.03. The molecule has 2 aromatic rings. The molecule has 1 heterocycles. The van der Waals surface area contributed by atoms with Crippen LogP contribution in [0.2, 0.25) is 10.0 Å². The van der Waals surface area contributed by atoms with Crippen molar-refractivity contribution in [1.29, 1.82) is 0 Å². The van der Waals surface area contributed by atoms with Gasteiger partial charge in [-0.3, -0.25) is 0 Å². The quantitative estimate of drug-likeness (QED) is 0.876. The lowest BCUT2D eigenvalue weighted by Crippen LogP contribution is -2.24. The van der Waals surface area contributed by atoms with Gasteiger partial charge in [0.1, 0.15) is 10.8 Å². The third kappa shape index (κ3) is 4.09. The van der Waals surface area contributed by atoms with Crippen LogP contribution >= 0.6 is 23.2 Å². The molecule has 0 aliphatic rings. The van der Waals surface area contributed by atoms with Crippen LogP contribution in [0.5, 0.6) is 5.75 Å². The summed E-state index contributed by atoms with van der Waals surface area (Å²) in [5.41, 5.74) is 0. The maximum absolute atomic E-state index is 6.09. The van der Waals surface area contributed by atoms with Crippen molar-refractivity contribution in [2.75, 3.05) is 7.05 Å². The average Bonchev–Trinajstić information content (AvgIpc) is 2.92.